The summed E-state index contributed by atoms with van der Waals surface area (Å²) < 4.78 is 7.66. The fourth-order valence-electron chi connectivity index (χ4n) is 1.92. The molecule has 18 heavy (non-hydrogen) atoms. The van der Waals surface area contributed by atoms with Crippen molar-refractivity contribution < 1.29 is 4.74 Å². The van der Waals surface area contributed by atoms with Gasteiger partial charge in [-0.3, -0.25) is 0 Å². The van der Waals surface area contributed by atoms with Crippen LogP contribution in [0.4, 0.5) is 0 Å². The number of nitrogens with one attached hydrogen (secondary N) is 1. The van der Waals surface area contributed by atoms with Crippen LogP contribution in [0.3, 0.4) is 0 Å². The van der Waals surface area contributed by atoms with Gasteiger partial charge in [0.15, 0.2) is 0 Å². The van der Waals surface area contributed by atoms with Gasteiger partial charge in [-0.05, 0) is 32.7 Å². The average molecular weight is 253 g/mol. The van der Waals surface area contributed by atoms with Gasteiger partial charge in [-0.1, -0.05) is 13.8 Å². The molecule has 0 fully saturated rings. The minimum Gasteiger partial charge on any atom is -0.382 e. The Morgan fingerprint density at radius 2 is 2.22 bits per heavy atom. The molecule has 4 nitrogen and oxygen atoms in total. The molecule has 0 saturated heterocycles. The van der Waals surface area contributed by atoms with E-state index in [-0.39, 0.29) is 0 Å². The number of rotatable bonds is 9. The quantitative estimate of drug-likeness (QED) is 0.687. The van der Waals surface area contributed by atoms with E-state index in [1.54, 1.807) is 0 Å². The van der Waals surface area contributed by atoms with Crippen LogP contribution in [0.15, 0.2) is 6.20 Å². The maximum absolute atomic E-state index is 5.37. The highest BCUT2D eigenvalue weighted by molar-refractivity contribution is 5.04. The summed E-state index contributed by atoms with van der Waals surface area (Å²) in [5.41, 5.74) is 1.27. The van der Waals surface area contributed by atoms with Crippen molar-refractivity contribution in [2.45, 2.75) is 47.2 Å². The third kappa shape index (κ3) is 5.19. The lowest BCUT2D eigenvalue weighted by Gasteiger charge is -2.12. The molecule has 0 spiro atoms. The maximum Gasteiger partial charge on any atom is 0.105 e. The number of ether oxygens (including phenoxy) is 1. The van der Waals surface area contributed by atoms with Crippen molar-refractivity contribution >= 4 is 0 Å². The zero-order valence-corrected chi connectivity index (χ0v) is 12.2. The van der Waals surface area contributed by atoms with Gasteiger partial charge < -0.3 is 14.6 Å². The molecule has 0 radical (unpaired) electrons. The highest BCUT2D eigenvalue weighted by Crippen LogP contribution is 2.06. The Hall–Kier alpha value is -0.870. The Kier molecular flexibility index (Phi) is 6.98. The second-order valence-corrected chi connectivity index (χ2v) is 5.02. The van der Waals surface area contributed by atoms with E-state index in [0.29, 0.717) is 5.92 Å². The minimum absolute atomic E-state index is 0.681. The summed E-state index contributed by atoms with van der Waals surface area (Å²) >= 11 is 0. The molecule has 1 N–H and O–H groups in total. The van der Waals surface area contributed by atoms with Gasteiger partial charge in [0.1, 0.15) is 5.82 Å². The molecule has 1 aromatic heterocycles. The average Bonchev–Trinajstić information content (AvgIpc) is 2.66. The summed E-state index contributed by atoms with van der Waals surface area (Å²) in [6.07, 6.45) is 3.02. The molecule has 0 aliphatic heterocycles. The van der Waals surface area contributed by atoms with Crippen LogP contribution in [0.5, 0.6) is 0 Å². The van der Waals surface area contributed by atoms with Crippen molar-refractivity contribution in [2.75, 3.05) is 19.8 Å². The van der Waals surface area contributed by atoms with Crippen molar-refractivity contribution in [3.05, 3.63) is 17.7 Å². The summed E-state index contributed by atoms with van der Waals surface area (Å²) in [6, 6.07) is 0. The summed E-state index contributed by atoms with van der Waals surface area (Å²) in [5, 5.41) is 3.46. The molecule has 0 aliphatic rings. The molecule has 104 valence electrons. The lowest BCUT2D eigenvalue weighted by atomic mass is 10.2. The van der Waals surface area contributed by atoms with Crippen LogP contribution in [0.2, 0.25) is 0 Å². The van der Waals surface area contributed by atoms with Gasteiger partial charge in [0, 0.05) is 32.5 Å². The number of aryl methyl sites for hydroxylation is 1. The van der Waals surface area contributed by atoms with Gasteiger partial charge in [-0.15, -0.1) is 0 Å². The first-order valence-corrected chi connectivity index (χ1v) is 6.94. The number of aromatic nitrogens is 2. The predicted molar refractivity (Wildman–Crippen MR) is 74.6 cm³/mol. The lowest BCUT2D eigenvalue weighted by molar-refractivity contribution is 0.141. The SMILES string of the molecule is CCOCCCn1c(CNCC(C)C)cnc1C. The molecule has 0 bridgehead atoms. The second-order valence-electron chi connectivity index (χ2n) is 5.02. The smallest absolute Gasteiger partial charge is 0.105 e. The molecule has 0 atom stereocenters. The standard InChI is InChI=1S/C14H27N3O/c1-5-18-8-6-7-17-13(4)16-11-14(17)10-15-9-12(2)3/h11-12,15H,5-10H2,1-4H3. The molecule has 0 saturated carbocycles. The predicted octanol–water partition coefficient (Wildman–Crippen LogP) is 2.36. The molecular formula is C14H27N3O. The molecule has 1 rings (SSSR count). The van der Waals surface area contributed by atoms with Gasteiger partial charge in [0.05, 0.1) is 5.69 Å². The lowest BCUT2D eigenvalue weighted by Crippen LogP contribution is -2.21. The van der Waals surface area contributed by atoms with E-state index in [0.717, 1.165) is 45.1 Å². The first kappa shape index (κ1) is 15.2. The minimum atomic E-state index is 0.681. The molecule has 0 amide bonds. The maximum atomic E-state index is 5.37. The zero-order valence-electron chi connectivity index (χ0n) is 12.2. The molecule has 0 aliphatic carbocycles. The first-order valence-electron chi connectivity index (χ1n) is 6.94. The van der Waals surface area contributed by atoms with Crippen molar-refractivity contribution in [1.82, 2.24) is 14.9 Å². The van der Waals surface area contributed by atoms with E-state index in [1.165, 1.54) is 5.69 Å². The summed E-state index contributed by atoms with van der Waals surface area (Å²) in [4.78, 5) is 4.40. The normalized spacial score (nSPS) is 11.4. The monoisotopic (exact) mass is 253 g/mol. The van der Waals surface area contributed by atoms with Crippen LogP contribution in [-0.4, -0.2) is 29.3 Å². The number of nitrogens with zero attached hydrogens (tertiary/aromatic N) is 2. The van der Waals surface area contributed by atoms with Gasteiger partial charge in [0.25, 0.3) is 0 Å². The highest BCUT2D eigenvalue weighted by atomic mass is 16.5. The van der Waals surface area contributed by atoms with Gasteiger partial charge in [-0.2, -0.15) is 0 Å². The molecule has 1 heterocycles. The van der Waals surface area contributed by atoms with E-state index in [2.05, 4.69) is 35.6 Å². The molecular weight excluding hydrogens is 226 g/mol. The largest absolute Gasteiger partial charge is 0.382 e. The van der Waals surface area contributed by atoms with Crippen LogP contribution in [0.1, 0.15) is 38.7 Å². The topological polar surface area (TPSA) is 39.1 Å². The third-order valence-corrected chi connectivity index (χ3v) is 2.87. The zero-order chi connectivity index (χ0) is 13.4. The van der Waals surface area contributed by atoms with Crippen molar-refractivity contribution in [2.24, 2.45) is 5.92 Å². The molecule has 4 heteroatoms. The van der Waals surface area contributed by atoms with E-state index >= 15 is 0 Å². The van der Waals surface area contributed by atoms with E-state index in [9.17, 15) is 0 Å². The van der Waals surface area contributed by atoms with Crippen LogP contribution in [-0.2, 0) is 17.8 Å². The van der Waals surface area contributed by atoms with Crippen LogP contribution in [0, 0.1) is 12.8 Å². The summed E-state index contributed by atoms with van der Waals surface area (Å²) in [5.74, 6) is 1.77. The Morgan fingerprint density at radius 3 is 2.89 bits per heavy atom. The number of hydrogen-bond donors (Lipinski definition) is 1. The number of hydrogen-bond acceptors (Lipinski definition) is 3. The molecule has 0 unspecified atom stereocenters. The highest BCUT2D eigenvalue weighted by Gasteiger charge is 2.06. The Balaban J connectivity index is 2.42. The van der Waals surface area contributed by atoms with E-state index in [1.807, 2.05) is 13.1 Å². The fourth-order valence-corrected chi connectivity index (χ4v) is 1.92. The van der Waals surface area contributed by atoms with E-state index < -0.39 is 0 Å². The van der Waals surface area contributed by atoms with Crippen LogP contribution in [0.25, 0.3) is 0 Å². The van der Waals surface area contributed by atoms with Gasteiger partial charge in [0.2, 0.25) is 0 Å². The van der Waals surface area contributed by atoms with Crippen LogP contribution >= 0.6 is 0 Å². The molecule has 1 aromatic rings. The molecule has 0 aromatic carbocycles. The third-order valence-electron chi connectivity index (χ3n) is 2.87. The first-order chi connectivity index (χ1) is 8.65. The second kappa shape index (κ2) is 8.27. The van der Waals surface area contributed by atoms with Crippen molar-refractivity contribution in [1.29, 1.82) is 0 Å². The van der Waals surface area contributed by atoms with Gasteiger partial charge >= 0.3 is 0 Å². The van der Waals surface area contributed by atoms with Crippen LogP contribution < -0.4 is 5.32 Å². The Labute approximate surface area is 111 Å². The number of imidazole rings is 1. The summed E-state index contributed by atoms with van der Waals surface area (Å²) in [6.45, 7) is 13.1. The van der Waals surface area contributed by atoms with Crippen molar-refractivity contribution in [3.63, 3.8) is 0 Å². The Bertz CT molecular complexity index is 334. The van der Waals surface area contributed by atoms with Crippen molar-refractivity contribution in [3.8, 4) is 0 Å². The van der Waals surface area contributed by atoms with Gasteiger partial charge in [-0.25, -0.2) is 4.98 Å². The summed E-state index contributed by atoms with van der Waals surface area (Å²) in [7, 11) is 0. The fraction of sp³-hybridized carbons (Fsp3) is 0.786. The Morgan fingerprint density at radius 1 is 1.44 bits per heavy atom. The van der Waals surface area contributed by atoms with E-state index in [4.69, 9.17) is 4.74 Å².